The van der Waals surface area contributed by atoms with Crippen LogP contribution in [0.5, 0.6) is 0 Å². The zero-order valence-corrected chi connectivity index (χ0v) is 12.4. The maximum absolute atomic E-state index is 4.42. The molecule has 2 nitrogen and oxygen atoms in total. The first-order valence-electron chi connectivity index (χ1n) is 7.46. The Morgan fingerprint density at radius 3 is 2.60 bits per heavy atom. The largest absolute Gasteiger partial charge is 0.311 e. The Morgan fingerprint density at radius 2 is 1.80 bits per heavy atom. The number of pyridine rings is 1. The summed E-state index contributed by atoms with van der Waals surface area (Å²) in [6, 6.07) is 10.2. The highest BCUT2D eigenvalue weighted by atomic mass is 35.5. The summed E-state index contributed by atoms with van der Waals surface area (Å²) in [5.74, 6) is 0.839. The molecule has 2 atom stereocenters. The summed E-state index contributed by atoms with van der Waals surface area (Å²) in [6.07, 6.45) is 10.7. The van der Waals surface area contributed by atoms with E-state index in [2.05, 4.69) is 40.8 Å². The van der Waals surface area contributed by atoms with Gasteiger partial charge in [0.15, 0.2) is 0 Å². The van der Waals surface area contributed by atoms with Crippen LogP contribution in [-0.2, 0) is 6.42 Å². The Bertz CT molecular complexity index is 581. The van der Waals surface area contributed by atoms with Crippen LogP contribution in [0.25, 0.3) is 10.8 Å². The molecule has 4 rings (SSSR count). The van der Waals surface area contributed by atoms with E-state index < -0.39 is 0 Å². The molecule has 1 aromatic heterocycles. The molecule has 20 heavy (non-hydrogen) atoms. The Hall–Kier alpha value is -1.12. The quantitative estimate of drug-likeness (QED) is 0.911. The van der Waals surface area contributed by atoms with E-state index in [1.54, 1.807) is 0 Å². The molecule has 1 N–H and O–H groups in total. The number of halogens is 1. The first-order chi connectivity index (χ1) is 9.38. The van der Waals surface area contributed by atoms with Gasteiger partial charge in [0.2, 0.25) is 0 Å². The van der Waals surface area contributed by atoms with E-state index in [-0.39, 0.29) is 12.4 Å². The summed E-state index contributed by atoms with van der Waals surface area (Å²) in [7, 11) is 0. The van der Waals surface area contributed by atoms with Crippen molar-refractivity contribution in [2.24, 2.45) is 5.92 Å². The summed E-state index contributed by atoms with van der Waals surface area (Å²) in [6.45, 7) is 0. The van der Waals surface area contributed by atoms with E-state index >= 15 is 0 Å². The zero-order valence-electron chi connectivity index (χ0n) is 11.6. The summed E-state index contributed by atoms with van der Waals surface area (Å²) in [4.78, 5) is 4.42. The fourth-order valence-electron chi connectivity index (χ4n) is 3.99. The van der Waals surface area contributed by atoms with Gasteiger partial charge in [0, 0.05) is 29.9 Å². The molecule has 1 aromatic carbocycles. The molecule has 0 saturated carbocycles. The number of aromatic nitrogens is 1. The van der Waals surface area contributed by atoms with Gasteiger partial charge in [-0.1, -0.05) is 24.3 Å². The number of nitrogens with one attached hydrogen (secondary N) is 1. The second-order valence-corrected chi connectivity index (χ2v) is 6.20. The molecule has 0 aliphatic carbocycles. The van der Waals surface area contributed by atoms with Crippen LogP contribution in [0.3, 0.4) is 0 Å². The number of hydrogen-bond donors (Lipinski definition) is 1. The first-order valence-corrected chi connectivity index (χ1v) is 7.46. The minimum atomic E-state index is 0. The van der Waals surface area contributed by atoms with Gasteiger partial charge >= 0.3 is 0 Å². The van der Waals surface area contributed by atoms with Gasteiger partial charge in [0.25, 0.3) is 0 Å². The van der Waals surface area contributed by atoms with E-state index in [9.17, 15) is 0 Å². The molecule has 2 aliphatic rings. The lowest BCUT2D eigenvalue weighted by atomic mass is 9.86. The van der Waals surface area contributed by atoms with Gasteiger partial charge in [-0.25, -0.2) is 0 Å². The number of benzene rings is 1. The first kappa shape index (κ1) is 13.8. The highest BCUT2D eigenvalue weighted by Gasteiger charge is 2.33. The zero-order chi connectivity index (χ0) is 12.7. The summed E-state index contributed by atoms with van der Waals surface area (Å²) in [5, 5.41) is 6.39. The standard InChI is InChI=1S/C17H20N2.ClH/c1-2-4-17-13(3-1)10-18-11-14(17)7-12-8-15-5-6-16(9-12)19-15;/h1-4,10-12,15-16,19H,5-9H2;1H. The fourth-order valence-corrected chi connectivity index (χ4v) is 3.99. The van der Waals surface area contributed by atoms with Crippen LogP contribution in [0.1, 0.15) is 31.2 Å². The highest BCUT2D eigenvalue weighted by Crippen LogP contribution is 2.33. The molecule has 0 radical (unpaired) electrons. The number of nitrogens with zero attached hydrogens (tertiary/aromatic N) is 1. The number of fused-ring (bicyclic) bond motifs is 3. The lowest BCUT2D eigenvalue weighted by Crippen LogP contribution is -2.38. The van der Waals surface area contributed by atoms with E-state index in [0.29, 0.717) is 0 Å². The van der Waals surface area contributed by atoms with Gasteiger partial charge in [0.05, 0.1) is 0 Å². The number of hydrogen-bond acceptors (Lipinski definition) is 2. The van der Waals surface area contributed by atoms with Crippen molar-refractivity contribution in [2.45, 2.75) is 44.2 Å². The van der Waals surface area contributed by atoms with Crippen molar-refractivity contribution in [3.8, 4) is 0 Å². The van der Waals surface area contributed by atoms with Gasteiger partial charge in [-0.15, -0.1) is 12.4 Å². The van der Waals surface area contributed by atoms with Crippen molar-refractivity contribution in [3.63, 3.8) is 0 Å². The van der Waals surface area contributed by atoms with Crippen LogP contribution in [0, 0.1) is 5.92 Å². The van der Waals surface area contributed by atoms with Crippen molar-refractivity contribution >= 4 is 23.2 Å². The predicted molar refractivity (Wildman–Crippen MR) is 85.4 cm³/mol. The van der Waals surface area contributed by atoms with Crippen molar-refractivity contribution in [3.05, 3.63) is 42.2 Å². The molecule has 2 bridgehead atoms. The molecule has 2 saturated heterocycles. The van der Waals surface area contributed by atoms with Crippen LogP contribution in [-0.4, -0.2) is 17.1 Å². The molecular weight excluding hydrogens is 268 g/mol. The van der Waals surface area contributed by atoms with Crippen molar-refractivity contribution in [1.29, 1.82) is 0 Å². The molecule has 2 fully saturated rings. The topological polar surface area (TPSA) is 24.9 Å². The SMILES string of the molecule is Cl.c1ccc2c(CC3CC4CCC(C3)N4)cncc2c1. The third-order valence-corrected chi connectivity index (χ3v) is 4.83. The second-order valence-electron chi connectivity index (χ2n) is 6.20. The molecule has 0 amide bonds. The lowest BCUT2D eigenvalue weighted by Gasteiger charge is -2.29. The molecular formula is C17H21ClN2. The Labute approximate surface area is 126 Å². The number of piperidine rings is 1. The minimum absolute atomic E-state index is 0. The molecule has 2 unspecified atom stereocenters. The van der Waals surface area contributed by atoms with Gasteiger partial charge < -0.3 is 5.32 Å². The van der Waals surface area contributed by atoms with Gasteiger partial charge in [-0.3, -0.25) is 4.98 Å². The molecule has 0 spiro atoms. The average molecular weight is 289 g/mol. The smallest absolute Gasteiger partial charge is 0.0346 e. The van der Waals surface area contributed by atoms with Crippen LogP contribution in [0.4, 0.5) is 0 Å². The van der Waals surface area contributed by atoms with Gasteiger partial charge in [-0.2, -0.15) is 0 Å². The molecule has 106 valence electrons. The number of rotatable bonds is 2. The van der Waals surface area contributed by atoms with Crippen LogP contribution >= 0.6 is 12.4 Å². The van der Waals surface area contributed by atoms with E-state index in [1.807, 2.05) is 6.20 Å². The predicted octanol–water partition coefficient (Wildman–Crippen LogP) is 3.73. The third-order valence-electron chi connectivity index (χ3n) is 4.83. The molecule has 2 aromatic rings. The van der Waals surface area contributed by atoms with Crippen LogP contribution in [0.15, 0.2) is 36.7 Å². The Balaban J connectivity index is 0.00000121. The average Bonchev–Trinajstić information content (AvgIpc) is 2.78. The van der Waals surface area contributed by atoms with Crippen LogP contribution in [0.2, 0.25) is 0 Å². The molecule has 3 heteroatoms. The fraction of sp³-hybridized carbons (Fsp3) is 0.471. The van der Waals surface area contributed by atoms with Crippen molar-refractivity contribution in [2.75, 3.05) is 0 Å². The van der Waals surface area contributed by atoms with Crippen molar-refractivity contribution in [1.82, 2.24) is 10.3 Å². The third kappa shape index (κ3) is 2.55. The van der Waals surface area contributed by atoms with E-state index in [1.165, 1.54) is 48.4 Å². The van der Waals surface area contributed by atoms with Gasteiger partial charge in [-0.05, 0) is 49.0 Å². The Kier molecular flexibility index (Phi) is 3.95. The maximum Gasteiger partial charge on any atom is 0.0346 e. The highest BCUT2D eigenvalue weighted by molar-refractivity contribution is 5.85. The summed E-state index contributed by atoms with van der Waals surface area (Å²) >= 11 is 0. The second kappa shape index (κ2) is 5.71. The normalized spacial score (nSPS) is 28.3. The van der Waals surface area contributed by atoms with Gasteiger partial charge in [0.1, 0.15) is 0 Å². The van der Waals surface area contributed by atoms with E-state index in [4.69, 9.17) is 0 Å². The minimum Gasteiger partial charge on any atom is -0.311 e. The summed E-state index contributed by atoms with van der Waals surface area (Å²) < 4.78 is 0. The molecule has 2 aliphatic heterocycles. The molecule has 3 heterocycles. The van der Waals surface area contributed by atoms with Crippen molar-refractivity contribution < 1.29 is 0 Å². The van der Waals surface area contributed by atoms with E-state index in [0.717, 1.165) is 18.0 Å². The monoisotopic (exact) mass is 288 g/mol. The van der Waals surface area contributed by atoms with Crippen LogP contribution < -0.4 is 5.32 Å². The lowest BCUT2D eigenvalue weighted by molar-refractivity contribution is 0.299. The maximum atomic E-state index is 4.42. The Morgan fingerprint density at radius 1 is 1.05 bits per heavy atom. The summed E-state index contributed by atoms with van der Waals surface area (Å²) in [5.41, 5.74) is 1.43.